The molecule has 84 valence electrons. The maximum Gasteiger partial charge on any atom is 0.305 e. The van der Waals surface area contributed by atoms with Crippen LogP contribution in [-0.2, 0) is 19.1 Å². The van der Waals surface area contributed by atoms with Gasteiger partial charge in [0.1, 0.15) is 0 Å². The van der Waals surface area contributed by atoms with Gasteiger partial charge < -0.3 is 9.47 Å². The SMILES string of the molecule is CC(=O)OC(OC(C)=O)[Si]c1ccccc1. The van der Waals surface area contributed by atoms with E-state index in [1.165, 1.54) is 13.8 Å². The maximum atomic E-state index is 10.8. The molecule has 0 aliphatic heterocycles. The van der Waals surface area contributed by atoms with Gasteiger partial charge in [-0.2, -0.15) is 0 Å². The molecular weight excluding hydrogens is 224 g/mol. The smallest absolute Gasteiger partial charge is 0.305 e. The second kappa shape index (κ2) is 6.07. The minimum atomic E-state index is -0.822. The molecule has 1 rings (SSSR count). The topological polar surface area (TPSA) is 52.6 Å². The van der Waals surface area contributed by atoms with E-state index in [2.05, 4.69) is 0 Å². The van der Waals surface area contributed by atoms with Crippen molar-refractivity contribution in [2.24, 2.45) is 0 Å². The lowest BCUT2D eigenvalue weighted by Crippen LogP contribution is -2.35. The third kappa shape index (κ3) is 4.74. The summed E-state index contributed by atoms with van der Waals surface area (Å²) in [6.45, 7) is 2.57. The molecule has 0 N–H and O–H groups in total. The Balaban J connectivity index is 2.63. The summed E-state index contributed by atoms with van der Waals surface area (Å²) >= 11 is 0. The third-order valence-corrected chi connectivity index (χ3v) is 2.74. The largest absolute Gasteiger partial charge is 0.430 e. The number of carbonyl (C=O) groups is 2. The highest BCUT2D eigenvalue weighted by molar-refractivity contribution is 6.54. The monoisotopic (exact) mass is 236 g/mol. The molecular formula is C11H12O4Si. The van der Waals surface area contributed by atoms with Crippen LogP contribution >= 0.6 is 0 Å². The van der Waals surface area contributed by atoms with Crippen LogP contribution in [0.3, 0.4) is 0 Å². The molecule has 4 nitrogen and oxygen atoms in total. The fraction of sp³-hybridized carbons (Fsp3) is 0.273. The zero-order chi connectivity index (χ0) is 12.0. The van der Waals surface area contributed by atoms with E-state index in [4.69, 9.17) is 9.47 Å². The molecule has 16 heavy (non-hydrogen) atoms. The number of hydrogen-bond donors (Lipinski definition) is 0. The molecule has 0 aromatic heterocycles. The number of rotatable bonds is 4. The Bertz CT molecular complexity index is 348. The molecule has 0 heterocycles. The van der Waals surface area contributed by atoms with E-state index in [0.29, 0.717) is 0 Å². The minimum absolute atomic E-state index is 0.0951. The van der Waals surface area contributed by atoms with Gasteiger partial charge in [0.25, 0.3) is 0 Å². The summed E-state index contributed by atoms with van der Waals surface area (Å²) in [7, 11) is 0.0951. The van der Waals surface area contributed by atoms with Crippen molar-refractivity contribution < 1.29 is 19.1 Å². The summed E-state index contributed by atoms with van der Waals surface area (Å²) in [5, 5.41) is 0.968. The Morgan fingerprint density at radius 2 is 1.56 bits per heavy atom. The summed E-state index contributed by atoms with van der Waals surface area (Å²) < 4.78 is 9.79. The highest BCUT2D eigenvalue weighted by atomic mass is 28.2. The van der Waals surface area contributed by atoms with Crippen LogP contribution < -0.4 is 5.19 Å². The van der Waals surface area contributed by atoms with Gasteiger partial charge in [-0.15, -0.1) is 0 Å². The molecule has 0 bridgehead atoms. The third-order valence-electron chi connectivity index (χ3n) is 1.60. The maximum absolute atomic E-state index is 10.8. The summed E-state index contributed by atoms with van der Waals surface area (Å²) in [6.07, 6.45) is 0. The second-order valence-corrected chi connectivity index (χ2v) is 4.40. The van der Waals surface area contributed by atoms with E-state index in [0.717, 1.165) is 5.19 Å². The standard InChI is InChI=1S/C11H12O4Si/c1-8(12)14-11(15-9(2)13)16-10-6-4-3-5-7-10/h3-7,11H,1-2H3. The van der Waals surface area contributed by atoms with E-state index in [1.807, 2.05) is 30.3 Å². The van der Waals surface area contributed by atoms with E-state index >= 15 is 0 Å². The van der Waals surface area contributed by atoms with Gasteiger partial charge in [-0.05, 0) is 0 Å². The van der Waals surface area contributed by atoms with Crippen LogP contribution in [0.2, 0.25) is 0 Å². The van der Waals surface area contributed by atoms with Crippen molar-refractivity contribution in [1.29, 1.82) is 0 Å². The van der Waals surface area contributed by atoms with Crippen molar-refractivity contribution in [3.05, 3.63) is 30.3 Å². The Morgan fingerprint density at radius 3 is 2.00 bits per heavy atom. The first-order valence-electron chi connectivity index (χ1n) is 4.74. The van der Waals surface area contributed by atoms with Gasteiger partial charge in [-0.1, -0.05) is 35.5 Å². The minimum Gasteiger partial charge on any atom is -0.430 e. The molecule has 5 heteroatoms. The fourth-order valence-corrected chi connectivity index (χ4v) is 2.16. The second-order valence-electron chi connectivity index (χ2n) is 3.06. The molecule has 0 amide bonds. The molecule has 1 aromatic rings. The molecule has 0 spiro atoms. The lowest BCUT2D eigenvalue weighted by Gasteiger charge is -2.15. The van der Waals surface area contributed by atoms with Gasteiger partial charge >= 0.3 is 11.9 Å². The summed E-state index contributed by atoms with van der Waals surface area (Å²) in [5.41, 5.74) is 0. The van der Waals surface area contributed by atoms with Crippen LogP contribution in [0.4, 0.5) is 0 Å². The first kappa shape index (κ1) is 12.4. The Labute approximate surface area is 96.4 Å². The lowest BCUT2D eigenvalue weighted by molar-refractivity contribution is -0.171. The summed E-state index contributed by atoms with van der Waals surface area (Å²) in [4.78, 5) is 21.6. The van der Waals surface area contributed by atoms with E-state index in [1.54, 1.807) is 0 Å². The average molecular weight is 236 g/mol. The molecule has 0 aliphatic carbocycles. The van der Waals surface area contributed by atoms with Crippen LogP contribution in [0.5, 0.6) is 0 Å². The number of benzene rings is 1. The Morgan fingerprint density at radius 1 is 1.06 bits per heavy atom. The molecule has 0 atom stereocenters. The number of hydrogen-bond acceptors (Lipinski definition) is 4. The zero-order valence-electron chi connectivity index (χ0n) is 9.10. The summed E-state index contributed by atoms with van der Waals surface area (Å²) in [5.74, 6) is -1.75. The van der Waals surface area contributed by atoms with Crippen molar-refractivity contribution in [2.75, 3.05) is 0 Å². The van der Waals surface area contributed by atoms with E-state index in [-0.39, 0.29) is 9.52 Å². The van der Waals surface area contributed by atoms with Crippen LogP contribution in [0, 0.1) is 0 Å². The quantitative estimate of drug-likeness (QED) is 0.432. The highest BCUT2D eigenvalue weighted by Crippen LogP contribution is 1.96. The number of carbonyl (C=O) groups excluding carboxylic acids is 2. The normalized spacial score (nSPS) is 9.94. The molecule has 0 fully saturated rings. The zero-order valence-corrected chi connectivity index (χ0v) is 10.1. The van der Waals surface area contributed by atoms with Crippen molar-refractivity contribution >= 4 is 26.6 Å². The van der Waals surface area contributed by atoms with Crippen molar-refractivity contribution in [1.82, 2.24) is 0 Å². The fourth-order valence-electron chi connectivity index (χ4n) is 1.05. The van der Waals surface area contributed by atoms with E-state index in [9.17, 15) is 9.59 Å². The van der Waals surface area contributed by atoms with Gasteiger partial charge in [0.05, 0.1) is 0 Å². The van der Waals surface area contributed by atoms with Crippen LogP contribution in [0.1, 0.15) is 13.8 Å². The predicted octanol–water partition coefficient (Wildman–Crippen LogP) is 0.426. The molecule has 0 unspecified atom stereocenters. The van der Waals surface area contributed by atoms with Gasteiger partial charge in [0.2, 0.25) is 5.91 Å². The van der Waals surface area contributed by atoms with Gasteiger partial charge in [0.15, 0.2) is 9.52 Å². The van der Waals surface area contributed by atoms with Gasteiger partial charge in [-0.25, -0.2) is 0 Å². The predicted molar refractivity (Wildman–Crippen MR) is 59.2 cm³/mol. The number of esters is 2. The molecule has 1 aromatic carbocycles. The first-order valence-corrected chi connectivity index (χ1v) is 5.81. The lowest BCUT2D eigenvalue weighted by atomic mass is 10.4. The average Bonchev–Trinajstić information content (AvgIpc) is 2.16. The van der Waals surface area contributed by atoms with Crippen molar-refractivity contribution in [2.45, 2.75) is 19.8 Å². The van der Waals surface area contributed by atoms with Gasteiger partial charge in [0, 0.05) is 13.8 Å². The summed E-state index contributed by atoms with van der Waals surface area (Å²) in [6, 6.07) is 9.42. The van der Waals surface area contributed by atoms with Crippen LogP contribution in [0.15, 0.2) is 30.3 Å². The van der Waals surface area contributed by atoms with Crippen LogP contribution in [0.25, 0.3) is 0 Å². The Kier molecular flexibility index (Phi) is 4.72. The van der Waals surface area contributed by atoms with Crippen LogP contribution in [-0.4, -0.2) is 27.4 Å². The number of ether oxygens (including phenoxy) is 2. The molecule has 0 saturated heterocycles. The highest BCUT2D eigenvalue weighted by Gasteiger charge is 2.16. The van der Waals surface area contributed by atoms with E-state index < -0.39 is 17.9 Å². The van der Waals surface area contributed by atoms with Crippen molar-refractivity contribution in [3.8, 4) is 0 Å². The molecule has 2 radical (unpaired) electrons. The Hall–Kier alpha value is -1.62. The van der Waals surface area contributed by atoms with Crippen molar-refractivity contribution in [3.63, 3.8) is 0 Å². The van der Waals surface area contributed by atoms with Gasteiger partial charge in [-0.3, -0.25) is 9.59 Å². The molecule has 0 saturated carbocycles. The first-order chi connectivity index (χ1) is 7.58. The molecule has 0 aliphatic rings.